The van der Waals surface area contributed by atoms with Crippen molar-refractivity contribution < 1.29 is 23.1 Å². The highest BCUT2D eigenvalue weighted by Gasteiger charge is 2.32. The van der Waals surface area contributed by atoms with Gasteiger partial charge < -0.3 is 20.1 Å². The van der Waals surface area contributed by atoms with Gasteiger partial charge in [-0.2, -0.15) is 8.42 Å². The summed E-state index contributed by atoms with van der Waals surface area (Å²) >= 11 is 0. The molecule has 1 atom stereocenters. The lowest BCUT2D eigenvalue weighted by Crippen LogP contribution is -2.32. The Morgan fingerprint density at radius 3 is 2.38 bits per heavy atom. The summed E-state index contributed by atoms with van der Waals surface area (Å²) in [6, 6.07) is 11.5. The van der Waals surface area contributed by atoms with Crippen molar-refractivity contribution in [2.45, 2.75) is 26.8 Å². The molecule has 1 amide bonds. The second kappa shape index (κ2) is 9.34. The van der Waals surface area contributed by atoms with E-state index in [-0.39, 0.29) is 34.1 Å². The first kappa shape index (κ1) is 25.0. The summed E-state index contributed by atoms with van der Waals surface area (Å²) in [4.78, 5) is 18.4. The van der Waals surface area contributed by atoms with Crippen molar-refractivity contribution in [1.29, 1.82) is 0 Å². The number of amidine groups is 2. The highest BCUT2D eigenvalue weighted by atomic mass is 32.2. The van der Waals surface area contributed by atoms with E-state index in [2.05, 4.69) is 14.4 Å². The number of phenolic OH excluding ortho intramolecular Hbond substituents is 1. The minimum absolute atomic E-state index is 0.000479. The maximum Gasteiger partial charge on any atom is 0.345 e. The van der Waals surface area contributed by atoms with Crippen LogP contribution in [-0.4, -0.2) is 57.2 Å². The molecule has 34 heavy (non-hydrogen) atoms. The molecule has 11 heteroatoms. The van der Waals surface area contributed by atoms with Crippen LogP contribution < -0.4 is 14.8 Å². The SMILES string of the molecule is COc1ccc(C(N=C2NS(=O)(=O)N=C2Nc2cccc(C(=O)N(C)C)c2O)C(C)(C)C)cc1. The maximum atomic E-state index is 12.3. The van der Waals surface area contributed by atoms with Crippen LogP contribution in [0.4, 0.5) is 5.69 Å². The molecule has 0 spiro atoms. The fraction of sp³-hybridized carbons (Fsp3) is 0.348. The molecule has 0 aliphatic carbocycles. The number of para-hydroxylation sites is 1. The van der Waals surface area contributed by atoms with Crippen LogP contribution in [0, 0.1) is 5.41 Å². The minimum Gasteiger partial charge on any atom is -0.505 e. The van der Waals surface area contributed by atoms with Crippen LogP contribution in [0.15, 0.2) is 51.9 Å². The van der Waals surface area contributed by atoms with Crippen LogP contribution in [0.25, 0.3) is 0 Å². The third-order valence-electron chi connectivity index (χ3n) is 5.10. The largest absolute Gasteiger partial charge is 0.505 e. The lowest BCUT2D eigenvalue weighted by molar-refractivity contribution is 0.0824. The van der Waals surface area contributed by atoms with E-state index in [0.717, 1.165) is 5.56 Å². The number of hydrogen-bond donors (Lipinski definition) is 3. The number of nitrogens with one attached hydrogen (secondary N) is 2. The second-order valence-electron chi connectivity index (χ2n) is 9.06. The molecular weight excluding hydrogens is 458 g/mol. The summed E-state index contributed by atoms with van der Waals surface area (Å²) in [5.74, 6) is -0.124. The summed E-state index contributed by atoms with van der Waals surface area (Å²) < 4.78 is 35.8. The molecule has 182 valence electrons. The molecule has 0 fully saturated rings. The number of ether oxygens (including phenoxy) is 1. The monoisotopic (exact) mass is 487 g/mol. The Hall–Kier alpha value is -3.60. The zero-order valence-corrected chi connectivity index (χ0v) is 20.8. The fourth-order valence-corrected chi connectivity index (χ4v) is 4.21. The lowest BCUT2D eigenvalue weighted by Gasteiger charge is -2.28. The van der Waals surface area contributed by atoms with Gasteiger partial charge in [-0.3, -0.25) is 9.79 Å². The van der Waals surface area contributed by atoms with Gasteiger partial charge in [0.05, 0.1) is 24.4 Å². The highest BCUT2D eigenvalue weighted by Crippen LogP contribution is 2.37. The van der Waals surface area contributed by atoms with Crippen LogP contribution in [-0.2, 0) is 10.2 Å². The van der Waals surface area contributed by atoms with Crippen molar-refractivity contribution in [3.63, 3.8) is 0 Å². The molecule has 0 bridgehead atoms. The number of phenols is 1. The third kappa shape index (κ3) is 5.48. The Balaban J connectivity index is 2.02. The minimum atomic E-state index is -4.03. The Bertz CT molecular complexity index is 1250. The van der Waals surface area contributed by atoms with Crippen LogP contribution in [0.2, 0.25) is 0 Å². The molecule has 0 saturated heterocycles. The van der Waals surface area contributed by atoms with E-state index in [9.17, 15) is 18.3 Å². The van der Waals surface area contributed by atoms with Crippen molar-refractivity contribution in [1.82, 2.24) is 9.62 Å². The predicted molar refractivity (Wildman–Crippen MR) is 132 cm³/mol. The molecular formula is C23H29N5O5S. The summed E-state index contributed by atoms with van der Waals surface area (Å²) in [5, 5.41) is 13.4. The molecule has 0 saturated carbocycles. The Kier molecular flexibility index (Phi) is 6.87. The van der Waals surface area contributed by atoms with E-state index in [1.54, 1.807) is 27.3 Å². The zero-order valence-electron chi connectivity index (χ0n) is 19.9. The van der Waals surface area contributed by atoms with Crippen LogP contribution in [0.3, 0.4) is 0 Å². The van der Waals surface area contributed by atoms with Crippen molar-refractivity contribution >= 4 is 33.5 Å². The average Bonchev–Trinajstić information content (AvgIpc) is 3.05. The Morgan fingerprint density at radius 1 is 1.18 bits per heavy atom. The van der Waals surface area contributed by atoms with Gasteiger partial charge in [0.25, 0.3) is 5.91 Å². The summed E-state index contributed by atoms with van der Waals surface area (Å²) in [6.45, 7) is 5.96. The molecule has 1 heterocycles. The lowest BCUT2D eigenvalue weighted by atomic mass is 9.82. The Labute approximate surface area is 199 Å². The molecule has 2 aromatic carbocycles. The van der Waals surface area contributed by atoms with Crippen molar-refractivity contribution in [2.24, 2.45) is 14.8 Å². The van der Waals surface area contributed by atoms with E-state index in [0.29, 0.717) is 5.75 Å². The molecule has 0 aromatic heterocycles. The summed E-state index contributed by atoms with van der Waals surface area (Å²) in [6.07, 6.45) is 0. The van der Waals surface area contributed by atoms with Gasteiger partial charge in [-0.05, 0) is 35.2 Å². The van der Waals surface area contributed by atoms with E-state index in [1.165, 1.54) is 17.0 Å². The third-order valence-corrected chi connectivity index (χ3v) is 5.97. The quantitative estimate of drug-likeness (QED) is 0.556. The van der Waals surface area contributed by atoms with Crippen LogP contribution in [0.1, 0.15) is 42.7 Å². The first-order chi connectivity index (χ1) is 15.8. The number of amides is 1. The predicted octanol–water partition coefficient (Wildman–Crippen LogP) is 2.95. The second-order valence-corrected chi connectivity index (χ2v) is 10.4. The molecule has 10 nitrogen and oxygen atoms in total. The van der Waals surface area contributed by atoms with E-state index >= 15 is 0 Å². The number of nitrogens with zero attached hydrogens (tertiary/aromatic N) is 3. The van der Waals surface area contributed by atoms with Gasteiger partial charge in [-0.1, -0.05) is 39.0 Å². The molecule has 1 aliphatic rings. The molecule has 3 rings (SSSR count). The zero-order chi connectivity index (χ0) is 25.3. The van der Waals surface area contributed by atoms with Crippen molar-refractivity contribution in [3.05, 3.63) is 53.6 Å². The van der Waals surface area contributed by atoms with E-state index in [4.69, 9.17) is 9.73 Å². The van der Waals surface area contributed by atoms with Crippen molar-refractivity contribution in [3.8, 4) is 11.5 Å². The van der Waals surface area contributed by atoms with Crippen LogP contribution in [0.5, 0.6) is 11.5 Å². The summed E-state index contributed by atoms with van der Waals surface area (Å²) in [5.41, 5.74) is 0.664. The summed E-state index contributed by atoms with van der Waals surface area (Å²) in [7, 11) is 0.675. The van der Waals surface area contributed by atoms with Gasteiger partial charge in [-0.15, -0.1) is 4.40 Å². The first-order valence-electron chi connectivity index (χ1n) is 10.5. The average molecular weight is 488 g/mol. The molecule has 1 unspecified atom stereocenters. The number of carbonyl (C=O) groups excluding carboxylic acids is 1. The van der Waals surface area contributed by atoms with Gasteiger partial charge in [0.1, 0.15) is 5.75 Å². The number of rotatable bonds is 5. The maximum absolute atomic E-state index is 12.3. The Morgan fingerprint density at radius 2 is 1.82 bits per heavy atom. The topological polar surface area (TPSA) is 133 Å². The number of methoxy groups -OCH3 is 1. The van der Waals surface area contributed by atoms with Gasteiger partial charge in [0.2, 0.25) is 0 Å². The molecule has 2 aromatic rings. The number of hydrogen-bond acceptors (Lipinski definition) is 7. The molecule has 1 aliphatic heterocycles. The standard InChI is InChI=1S/C23H29N5O5S/c1-23(2,3)19(14-10-12-15(33-6)13-11-14)25-21-20(26-34(31,32)27-21)24-17-9-7-8-16(18(17)29)22(30)28(4)5/h7-13,19,29H,1-6H3,(H,24,26)(H,25,27). The fourth-order valence-electron chi connectivity index (χ4n) is 3.40. The van der Waals surface area contributed by atoms with Crippen LogP contribution >= 0.6 is 0 Å². The van der Waals surface area contributed by atoms with E-state index in [1.807, 2.05) is 45.0 Å². The van der Waals surface area contributed by atoms with Gasteiger partial charge in [0, 0.05) is 14.1 Å². The normalized spacial score (nSPS) is 17.0. The highest BCUT2D eigenvalue weighted by molar-refractivity contribution is 7.89. The number of aromatic hydroxyl groups is 1. The first-order valence-corrected chi connectivity index (χ1v) is 11.9. The van der Waals surface area contributed by atoms with Gasteiger partial charge in [-0.25, -0.2) is 4.72 Å². The smallest absolute Gasteiger partial charge is 0.345 e. The molecule has 0 radical (unpaired) electrons. The van der Waals surface area contributed by atoms with Gasteiger partial charge >= 0.3 is 10.2 Å². The number of aliphatic imine (C=N–C) groups is 1. The number of benzene rings is 2. The molecule has 3 N–H and O–H groups in total. The van der Waals surface area contributed by atoms with E-state index < -0.39 is 22.2 Å². The van der Waals surface area contributed by atoms with Crippen molar-refractivity contribution in [2.75, 3.05) is 26.5 Å². The number of anilines is 1. The van der Waals surface area contributed by atoms with Gasteiger partial charge in [0.15, 0.2) is 17.4 Å². The number of carbonyl (C=O) groups is 1.